The van der Waals surface area contributed by atoms with E-state index >= 15 is 0 Å². The fourth-order valence-corrected chi connectivity index (χ4v) is 6.76. The molecule has 1 N–H and O–H groups in total. The number of benzene rings is 4. The summed E-state index contributed by atoms with van der Waals surface area (Å²) in [6, 6.07) is 32.8. The van der Waals surface area contributed by atoms with Crippen LogP contribution >= 0.6 is 11.8 Å². The molecule has 7 heteroatoms. The maximum atomic E-state index is 13.1. The van der Waals surface area contributed by atoms with Crippen LogP contribution in [-0.2, 0) is 29.0 Å². The third-order valence-corrected chi connectivity index (χ3v) is 9.74. The molecule has 1 aliphatic heterocycles. The van der Waals surface area contributed by atoms with Gasteiger partial charge in [-0.2, -0.15) is 0 Å². The van der Waals surface area contributed by atoms with E-state index in [1.165, 1.54) is 38.5 Å². The quantitative estimate of drug-likeness (QED) is 0.114. The fourth-order valence-electron chi connectivity index (χ4n) is 5.90. The molecule has 6 nitrogen and oxygen atoms in total. The van der Waals surface area contributed by atoms with Crippen molar-refractivity contribution in [3.8, 4) is 28.0 Å². The summed E-state index contributed by atoms with van der Waals surface area (Å²) in [4.78, 5) is 38.3. The van der Waals surface area contributed by atoms with Crippen LogP contribution in [0.3, 0.4) is 0 Å². The molecule has 1 aliphatic rings. The molecule has 0 radical (unpaired) electrons. The SMILES string of the molecule is CCCCCCCCCOc1ccc(-c2ccc(CC(=O)N(C)Cc3cccc(-c4ccc(CC5SC(=O)NC5=O)cc4)c3)cc2)cc1. The second-order valence-corrected chi connectivity index (χ2v) is 13.8. The standard InChI is InChI=1S/C41H46N2O4S/c1-3-4-5-6-7-8-9-25-47-37-23-21-34(22-24-37)33-17-15-31(16-18-33)28-39(44)43(2)29-32-11-10-12-36(26-32)35-19-13-30(14-20-35)27-38-40(45)42-41(46)48-38/h10-24,26,38H,3-9,25,27-29H2,1-2H3,(H,42,45,46). The molecule has 1 saturated heterocycles. The molecule has 1 fully saturated rings. The van der Waals surface area contributed by atoms with Crippen molar-refractivity contribution >= 4 is 28.8 Å². The first-order chi connectivity index (χ1) is 23.4. The molecule has 1 atom stereocenters. The summed E-state index contributed by atoms with van der Waals surface area (Å²) in [7, 11) is 1.84. The zero-order chi connectivity index (χ0) is 33.7. The van der Waals surface area contributed by atoms with Crippen LogP contribution in [0, 0.1) is 0 Å². The van der Waals surface area contributed by atoms with Crippen LogP contribution in [0.4, 0.5) is 4.79 Å². The van der Waals surface area contributed by atoms with Crippen LogP contribution in [0.15, 0.2) is 97.1 Å². The van der Waals surface area contributed by atoms with Gasteiger partial charge in [0.2, 0.25) is 11.8 Å². The minimum atomic E-state index is -0.375. The minimum Gasteiger partial charge on any atom is -0.494 e. The first-order valence-electron chi connectivity index (χ1n) is 17.1. The number of carbonyl (C=O) groups excluding carboxylic acids is 3. The Morgan fingerprint density at radius 1 is 0.729 bits per heavy atom. The maximum Gasteiger partial charge on any atom is 0.286 e. The number of thioether (sulfide) groups is 1. The Kier molecular flexibility index (Phi) is 12.9. The van der Waals surface area contributed by atoms with Gasteiger partial charge in [0.1, 0.15) is 5.75 Å². The fraction of sp³-hybridized carbons (Fsp3) is 0.341. The van der Waals surface area contributed by atoms with Gasteiger partial charge in [0, 0.05) is 13.6 Å². The summed E-state index contributed by atoms with van der Waals surface area (Å²) in [5.41, 5.74) is 7.39. The van der Waals surface area contributed by atoms with Crippen LogP contribution in [0.25, 0.3) is 22.3 Å². The van der Waals surface area contributed by atoms with Crippen LogP contribution in [-0.4, -0.2) is 40.9 Å². The van der Waals surface area contributed by atoms with Crippen LogP contribution in [0.2, 0.25) is 0 Å². The van der Waals surface area contributed by atoms with Crippen LogP contribution in [0.5, 0.6) is 5.75 Å². The van der Waals surface area contributed by atoms with Crippen LogP contribution < -0.4 is 10.1 Å². The zero-order valence-corrected chi connectivity index (χ0v) is 28.9. The predicted octanol–water partition coefficient (Wildman–Crippen LogP) is 9.25. The Morgan fingerprint density at radius 3 is 1.98 bits per heavy atom. The van der Waals surface area contributed by atoms with E-state index in [1.54, 1.807) is 4.90 Å². The van der Waals surface area contributed by atoms with Crippen molar-refractivity contribution in [2.45, 2.75) is 76.5 Å². The summed E-state index contributed by atoms with van der Waals surface area (Å²) >= 11 is 1.05. The van der Waals surface area contributed by atoms with Gasteiger partial charge in [0.25, 0.3) is 5.24 Å². The molecule has 0 aromatic heterocycles. The van der Waals surface area contributed by atoms with E-state index in [0.29, 0.717) is 19.4 Å². The normalized spacial score (nSPS) is 14.2. The highest BCUT2D eigenvalue weighted by Gasteiger charge is 2.31. The Hall–Kier alpha value is -4.36. The van der Waals surface area contributed by atoms with Gasteiger partial charge in [-0.15, -0.1) is 0 Å². The van der Waals surface area contributed by atoms with E-state index in [2.05, 4.69) is 48.6 Å². The van der Waals surface area contributed by atoms with E-state index in [-0.39, 0.29) is 22.3 Å². The molecule has 1 unspecified atom stereocenters. The average Bonchev–Trinajstić information content (AvgIpc) is 3.42. The first kappa shape index (κ1) is 35.0. The molecule has 0 spiro atoms. The topological polar surface area (TPSA) is 75.7 Å². The van der Waals surface area contributed by atoms with Crippen molar-refractivity contribution in [2.24, 2.45) is 0 Å². The summed E-state index contributed by atoms with van der Waals surface area (Å²) < 4.78 is 5.95. The van der Waals surface area contributed by atoms with E-state index in [0.717, 1.165) is 69.5 Å². The van der Waals surface area contributed by atoms with E-state index in [4.69, 9.17) is 4.74 Å². The van der Waals surface area contributed by atoms with Gasteiger partial charge in [0.15, 0.2) is 0 Å². The smallest absolute Gasteiger partial charge is 0.286 e. The number of rotatable bonds is 17. The van der Waals surface area contributed by atoms with E-state index in [1.807, 2.05) is 67.7 Å². The van der Waals surface area contributed by atoms with Gasteiger partial charge in [-0.1, -0.05) is 136 Å². The molecule has 1 heterocycles. The summed E-state index contributed by atoms with van der Waals surface area (Å²) in [5, 5.41) is 1.69. The van der Waals surface area contributed by atoms with Crippen molar-refractivity contribution in [1.29, 1.82) is 0 Å². The molecule has 5 rings (SSSR count). The van der Waals surface area contributed by atoms with Gasteiger partial charge < -0.3 is 9.64 Å². The third-order valence-electron chi connectivity index (χ3n) is 8.76. The largest absolute Gasteiger partial charge is 0.494 e. The van der Waals surface area contributed by atoms with Crippen molar-refractivity contribution in [1.82, 2.24) is 10.2 Å². The highest BCUT2D eigenvalue weighted by molar-refractivity contribution is 8.15. The number of nitrogens with one attached hydrogen (secondary N) is 1. The zero-order valence-electron chi connectivity index (χ0n) is 28.1. The predicted molar refractivity (Wildman–Crippen MR) is 196 cm³/mol. The Labute approximate surface area is 289 Å². The number of unbranched alkanes of at least 4 members (excludes halogenated alkanes) is 6. The van der Waals surface area contributed by atoms with Gasteiger partial charge in [-0.05, 0) is 70.0 Å². The molecule has 0 saturated carbocycles. The lowest BCUT2D eigenvalue weighted by molar-refractivity contribution is -0.129. The maximum absolute atomic E-state index is 13.1. The molecule has 4 aromatic rings. The summed E-state index contributed by atoms with van der Waals surface area (Å²) in [6.45, 7) is 3.52. The number of ether oxygens (including phenoxy) is 1. The molecule has 0 aliphatic carbocycles. The summed E-state index contributed by atoms with van der Waals surface area (Å²) in [6.07, 6.45) is 9.78. The molecule has 3 amide bonds. The van der Waals surface area contributed by atoms with E-state index in [9.17, 15) is 14.4 Å². The Balaban J connectivity index is 1.07. The number of imide groups is 1. The van der Waals surface area contributed by atoms with Gasteiger partial charge in [-0.3, -0.25) is 19.7 Å². The Bertz CT molecular complexity index is 1650. The van der Waals surface area contributed by atoms with Gasteiger partial charge in [0.05, 0.1) is 18.3 Å². The van der Waals surface area contributed by atoms with Gasteiger partial charge >= 0.3 is 0 Å². The van der Waals surface area contributed by atoms with Crippen molar-refractivity contribution in [3.63, 3.8) is 0 Å². The number of nitrogens with zero attached hydrogens (tertiary/aromatic N) is 1. The van der Waals surface area contributed by atoms with Gasteiger partial charge in [-0.25, -0.2) is 0 Å². The second-order valence-electron chi connectivity index (χ2n) is 12.6. The summed E-state index contributed by atoms with van der Waals surface area (Å²) in [5.74, 6) is 0.745. The Morgan fingerprint density at radius 2 is 1.33 bits per heavy atom. The number of hydrogen-bond acceptors (Lipinski definition) is 5. The lowest BCUT2D eigenvalue weighted by Gasteiger charge is -2.18. The monoisotopic (exact) mass is 662 g/mol. The lowest BCUT2D eigenvalue weighted by atomic mass is 10.00. The molecule has 4 aromatic carbocycles. The number of carbonyl (C=O) groups is 3. The molecule has 0 bridgehead atoms. The average molecular weight is 663 g/mol. The molecular weight excluding hydrogens is 617 g/mol. The van der Waals surface area contributed by atoms with Crippen LogP contribution in [0.1, 0.15) is 68.6 Å². The van der Waals surface area contributed by atoms with Crippen molar-refractivity contribution in [2.75, 3.05) is 13.7 Å². The molecular formula is C41H46N2O4S. The van der Waals surface area contributed by atoms with Crippen molar-refractivity contribution in [3.05, 3.63) is 114 Å². The molecule has 48 heavy (non-hydrogen) atoms. The van der Waals surface area contributed by atoms with Crippen molar-refractivity contribution < 1.29 is 19.1 Å². The number of hydrogen-bond donors (Lipinski definition) is 1. The first-order valence-corrected chi connectivity index (χ1v) is 18.0. The number of amides is 3. The highest BCUT2D eigenvalue weighted by Crippen LogP contribution is 2.27. The number of likely N-dealkylation sites (N-methyl/N-ethyl adjacent to an activating group) is 1. The minimum absolute atomic E-state index is 0.0623. The molecule has 250 valence electrons. The highest BCUT2D eigenvalue weighted by atomic mass is 32.2. The van der Waals surface area contributed by atoms with E-state index < -0.39 is 0 Å². The second kappa shape index (κ2) is 17.7. The lowest BCUT2D eigenvalue weighted by Crippen LogP contribution is -2.27. The third kappa shape index (κ3) is 10.3.